The molecule has 90 valence electrons. The molecule has 1 aromatic heterocycles. The summed E-state index contributed by atoms with van der Waals surface area (Å²) in [7, 11) is 1.65. The predicted molar refractivity (Wildman–Crippen MR) is 70.0 cm³/mol. The quantitative estimate of drug-likeness (QED) is 0.816. The second-order valence-electron chi connectivity index (χ2n) is 4.48. The third-order valence-electron chi connectivity index (χ3n) is 3.47. The lowest BCUT2D eigenvalue weighted by Gasteiger charge is -2.20. The number of fused-ring (bicyclic) bond motifs is 3. The van der Waals surface area contributed by atoms with Crippen molar-refractivity contribution in [3.05, 3.63) is 28.4 Å². The van der Waals surface area contributed by atoms with E-state index in [2.05, 4.69) is 17.2 Å². The predicted octanol–water partition coefficient (Wildman–Crippen LogP) is 3.04. The average molecular weight is 251 g/mol. The van der Waals surface area contributed by atoms with Gasteiger partial charge in [0, 0.05) is 22.6 Å². The molecule has 0 aliphatic carbocycles. The average Bonchev–Trinajstić information content (AvgIpc) is 2.67. The van der Waals surface area contributed by atoms with E-state index in [0.29, 0.717) is 11.1 Å². The molecule has 0 fully saturated rings. The molecule has 4 heteroatoms. The minimum atomic E-state index is 0.371. The van der Waals surface area contributed by atoms with Gasteiger partial charge < -0.3 is 15.0 Å². The van der Waals surface area contributed by atoms with Crippen molar-refractivity contribution in [2.45, 2.75) is 19.4 Å². The number of hydrogen-bond donors (Lipinski definition) is 2. The van der Waals surface area contributed by atoms with Gasteiger partial charge in [0.05, 0.1) is 12.1 Å². The maximum absolute atomic E-state index is 6.14. The van der Waals surface area contributed by atoms with Crippen molar-refractivity contribution in [2.24, 2.45) is 0 Å². The SMILES string of the molecule is COc1cc2c3c([nH]c2cc1Cl)C(C)NCC3. The number of halogens is 1. The van der Waals surface area contributed by atoms with Crippen molar-refractivity contribution in [3.8, 4) is 5.75 Å². The van der Waals surface area contributed by atoms with Gasteiger partial charge in [0.15, 0.2) is 0 Å². The van der Waals surface area contributed by atoms with Crippen molar-refractivity contribution >= 4 is 22.5 Å². The molecule has 1 aliphatic heterocycles. The lowest BCUT2D eigenvalue weighted by Crippen LogP contribution is -2.27. The highest BCUT2D eigenvalue weighted by atomic mass is 35.5. The van der Waals surface area contributed by atoms with Gasteiger partial charge in [0.1, 0.15) is 5.75 Å². The van der Waals surface area contributed by atoms with E-state index in [4.69, 9.17) is 16.3 Å². The molecule has 1 unspecified atom stereocenters. The third kappa shape index (κ3) is 1.61. The molecule has 3 nitrogen and oxygen atoms in total. The van der Waals surface area contributed by atoms with Crippen LogP contribution in [0.15, 0.2) is 12.1 Å². The fourth-order valence-electron chi connectivity index (χ4n) is 2.58. The Morgan fingerprint density at radius 2 is 2.24 bits per heavy atom. The van der Waals surface area contributed by atoms with E-state index >= 15 is 0 Å². The normalized spacial score (nSPS) is 19.4. The van der Waals surface area contributed by atoms with Crippen LogP contribution in [0.1, 0.15) is 24.2 Å². The van der Waals surface area contributed by atoms with Crippen LogP contribution in [0.25, 0.3) is 10.9 Å². The summed E-state index contributed by atoms with van der Waals surface area (Å²) >= 11 is 6.14. The number of ether oxygens (including phenoxy) is 1. The summed E-state index contributed by atoms with van der Waals surface area (Å²) in [6.07, 6.45) is 1.05. The molecular formula is C13H15ClN2O. The zero-order chi connectivity index (χ0) is 12.0. The Balaban J connectivity index is 2.28. The summed E-state index contributed by atoms with van der Waals surface area (Å²) < 4.78 is 5.28. The van der Waals surface area contributed by atoms with Gasteiger partial charge in [-0.1, -0.05) is 11.6 Å². The molecule has 0 bridgehead atoms. The van der Waals surface area contributed by atoms with Crippen molar-refractivity contribution in [1.82, 2.24) is 10.3 Å². The molecule has 0 saturated heterocycles. The second-order valence-corrected chi connectivity index (χ2v) is 4.88. The Bertz CT molecular complexity index is 576. The molecule has 17 heavy (non-hydrogen) atoms. The molecule has 1 aromatic carbocycles. The molecule has 0 saturated carbocycles. The summed E-state index contributed by atoms with van der Waals surface area (Å²) in [4.78, 5) is 3.46. The van der Waals surface area contributed by atoms with E-state index in [1.54, 1.807) is 7.11 Å². The van der Waals surface area contributed by atoms with E-state index in [9.17, 15) is 0 Å². The van der Waals surface area contributed by atoms with Gasteiger partial charge >= 0.3 is 0 Å². The maximum Gasteiger partial charge on any atom is 0.138 e. The number of hydrogen-bond acceptors (Lipinski definition) is 2. The summed E-state index contributed by atoms with van der Waals surface area (Å²) in [6.45, 7) is 3.19. The monoisotopic (exact) mass is 250 g/mol. The number of H-pyrrole nitrogens is 1. The van der Waals surface area contributed by atoms with Crippen LogP contribution in [0.2, 0.25) is 5.02 Å². The van der Waals surface area contributed by atoms with Crippen LogP contribution in [0.5, 0.6) is 5.75 Å². The number of rotatable bonds is 1. The van der Waals surface area contributed by atoms with Crippen LogP contribution in [0.4, 0.5) is 0 Å². The number of aromatic amines is 1. The first-order valence-electron chi connectivity index (χ1n) is 5.82. The first kappa shape index (κ1) is 10.9. The molecule has 2 heterocycles. The van der Waals surface area contributed by atoms with Gasteiger partial charge in [-0.05, 0) is 37.6 Å². The molecule has 0 radical (unpaired) electrons. The minimum Gasteiger partial charge on any atom is -0.495 e. The molecule has 1 aliphatic rings. The van der Waals surface area contributed by atoms with Gasteiger partial charge in [-0.15, -0.1) is 0 Å². The Morgan fingerprint density at radius 3 is 3.00 bits per heavy atom. The number of nitrogens with one attached hydrogen (secondary N) is 2. The molecule has 1 atom stereocenters. The molecule has 0 spiro atoms. The Labute approximate surface area is 105 Å². The van der Waals surface area contributed by atoms with Crippen LogP contribution < -0.4 is 10.1 Å². The zero-order valence-corrected chi connectivity index (χ0v) is 10.7. The van der Waals surface area contributed by atoms with Crippen molar-refractivity contribution < 1.29 is 4.74 Å². The summed E-state index contributed by atoms with van der Waals surface area (Å²) in [5.74, 6) is 0.743. The Hall–Kier alpha value is -1.19. The maximum atomic E-state index is 6.14. The van der Waals surface area contributed by atoms with Gasteiger partial charge in [-0.2, -0.15) is 0 Å². The van der Waals surface area contributed by atoms with E-state index in [0.717, 1.165) is 24.2 Å². The number of methoxy groups -OCH3 is 1. The van der Waals surface area contributed by atoms with E-state index < -0.39 is 0 Å². The lowest BCUT2D eigenvalue weighted by atomic mass is 10.0. The van der Waals surface area contributed by atoms with E-state index in [1.807, 2.05) is 12.1 Å². The van der Waals surface area contributed by atoms with Crippen LogP contribution in [0.3, 0.4) is 0 Å². The van der Waals surface area contributed by atoms with Crippen LogP contribution in [-0.4, -0.2) is 18.6 Å². The highest BCUT2D eigenvalue weighted by Crippen LogP contribution is 2.35. The Morgan fingerprint density at radius 1 is 1.41 bits per heavy atom. The van der Waals surface area contributed by atoms with Crippen molar-refractivity contribution in [2.75, 3.05) is 13.7 Å². The van der Waals surface area contributed by atoms with Crippen LogP contribution in [0, 0.1) is 0 Å². The fourth-order valence-corrected chi connectivity index (χ4v) is 2.82. The van der Waals surface area contributed by atoms with Gasteiger partial charge in [0.25, 0.3) is 0 Å². The summed E-state index contributed by atoms with van der Waals surface area (Å²) in [5.41, 5.74) is 3.76. The zero-order valence-electron chi connectivity index (χ0n) is 9.93. The molecule has 2 aromatic rings. The van der Waals surface area contributed by atoms with E-state index in [-0.39, 0.29) is 0 Å². The number of benzene rings is 1. The molecular weight excluding hydrogens is 236 g/mol. The molecule has 3 rings (SSSR count). The first-order valence-corrected chi connectivity index (χ1v) is 6.20. The van der Waals surface area contributed by atoms with Gasteiger partial charge in [-0.3, -0.25) is 0 Å². The number of aromatic nitrogens is 1. The van der Waals surface area contributed by atoms with Gasteiger partial charge in [-0.25, -0.2) is 0 Å². The molecule has 0 amide bonds. The second kappa shape index (κ2) is 3.93. The van der Waals surface area contributed by atoms with E-state index in [1.165, 1.54) is 16.6 Å². The highest BCUT2D eigenvalue weighted by Gasteiger charge is 2.21. The standard InChI is InChI=1S/C13H15ClN2O/c1-7-13-8(3-4-15-7)9-5-12(17-2)10(14)6-11(9)16-13/h5-7,15-16H,3-4H2,1-2H3. The fraction of sp³-hybridized carbons (Fsp3) is 0.385. The van der Waals surface area contributed by atoms with Crippen LogP contribution in [-0.2, 0) is 6.42 Å². The van der Waals surface area contributed by atoms with Crippen molar-refractivity contribution in [1.29, 1.82) is 0 Å². The topological polar surface area (TPSA) is 37.0 Å². The lowest BCUT2D eigenvalue weighted by molar-refractivity contribution is 0.415. The molecule has 2 N–H and O–H groups in total. The minimum absolute atomic E-state index is 0.371. The largest absolute Gasteiger partial charge is 0.495 e. The summed E-state index contributed by atoms with van der Waals surface area (Å²) in [5, 5.41) is 5.33. The van der Waals surface area contributed by atoms with Crippen molar-refractivity contribution in [3.63, 3.8) is 0 Å². The summed E-state index contributed by atoms with van der Waals surface area (Å²) in [6, 6.07) is 4.35. The first-order chi connectivity index (χ1) is 8.20. The van der Waals surface area contributed by atoms with Gasteiger partial charge in [0.2, 0.25) is 0 Å². The Kier molecular flexibility index (Phi) is 2.53. The highest BCUT2D eigenvalue weighted by molar-refractivity contribution is 6.32. The smallest absolute Gasteiger partial charge is 0.138 e. The van der Waals surface area contributed by atoms with Crippen LogP contribution >= 0.6 is 11.6 Å². The third-order valence-corrected chi connectivity index (χ3v) is 3.77.